The average molecular weight is 265 g/mol. The predicted octanol–water partition coefficient (Wildman–Crippen LogP) is 3.06. The van der Waals surface area contributed by atoms with Gasteiger partial charge >= 0.3 is 0 Å². The van der Waals surface area contributed by atoms with Gasteiger partial charge in [-0.25, -0.2) is 0 Å². The van der Waals surface area contributed by atoms with Gasteiger partial charge in [-0.2, -0.15) is 0 Å². The van der Waals surface area contributed by atoms with E-state index in [0.717, 1.165) is 11.6 Å². The van der Waals surface area contributed by atoms with Crippen molar-refractivity contribution < 1.29 is 0 Å². The van der Waals surface area contributed by atoms with Gasteiger partial charge in [0.15, 0.2) is 0 Å². The molecule has 0 spiro atoms. The van der Waals surface area contributed by atoms with Crippen molar-refractivity contribution in [1.29, 1.82) is 0 Å². The van der Waals surface area contributed by atoms with E-state index in [1.165, 1.54) is 44.3 Å². The van der Waals surface area contributed by atoms with Gasteiger partial charge in [-0.3, -0.25) is 4.90 Å². The Bertz CT molecular complexity index is 407. The van der Waals surface area contributed by atoms with Crippen LogP contribution in [0.25, 0.3) is 0 Å². The molecule has 2 aliphatic rings. The van der Waals surface area contributed by atoms with Crippen LogP contribution in [-0.4, -0.2) is 30.1 Å². The molecule has 2 nitrogen and oxygen atoms in total. The first-order valence-corrected chi connectivity index (χ1v) is 7.43. The van der Waals surface area contributed by atoms with E-state index in [0.29, 0.717) is 12.1 Å². The maximum absolute atomic E-state index is 6.28. The molecule has 18 heavy (non-hydrogen) atoms. The van der Waals surface area contributed by atoms with Gasteiger partial charge < -0.3 is 5.32 Å². The lowest BCUT2D eigenvalue weighted by Crippen LogP contribution is -2.41. The second kappa shape index (κ2) is 5.60. The van der Waals surface area contributed by atoms with Crippen LogP contribution < -0.4 is 5.32 Å². The highest BCUT2D eigenvalue weighted by atomic mass is 35.5. The zero-order chi connectivity index (χ0) is 12.4. The van der Waals surface area contributed by atoms with Crippen LogP contribution in [0.2, 0.25) is 5.02 Å². The van der Waals surface area contributed by atoms with Gasteiger partial charge in [-0.1, -0.05) is 36.2 Å². The standard InChI is InChI=1S/C15H21ClN2/c16-13-6-2-1-5-12(13)11-18-10-4-3-7-14-15(18)8-9-17-14/h1-2,5-6,14-15,17H,3-4,7-11H2. The molecule has 98 valence electrons. The van der Waals surface area contributed by atoms with Crippen LogP contribution in [0.15, 0.2) is 24.3 Å². The maximum atomic E-state index is 6.28. The molecule has 2 aliphatic heterocycles. The Hall–Kier alpha value is -0.570. The van der Waals surface area contributed by atoms with Gasteiger partial charge in [-0.15, -0.1) is 0 Å². The number of likely N-dealkylation sites (tertiary alicyclic amines) is 1. The highest BCUT2D eigenvalue weighted by Crippen LogP contribution is 2.27. The van der Waals surface area contributed by atoms with E-state index in [1.807, 2.05) is 12.1 Å². The van der Waals surface area contributed by atoms with E-state index in [2.05, 4.69) is 22.3 Å². The molecule has 1 aromatic rings. The molecule has 2 fully saturated rings. The Balaban J connectivity index is 1.76. The molecular formula is C15H21ClN2. The Kier molecular flexibility index (Phi) is 3.88. The molecule has 1 aromatic carbocycles. The number of nitrogens with zero attached hydrogens (tertiary/aromatic N) is 1. The van der Waals surface area contributed by atoms with Gasteiger partial charge in [0.05, 0.1) is 0 Å². The fourth-order valence-electron chi connectivity index (χ4n) is 3.37. The summed E-state index contributed by atoms with van der Waals surface area (Å²) >= 11 is 6.28. The summed E-state index contributed by atoms with van der Waals surface area (Å²) in [6.07, 6.45) is 5.30. The van der Waals surface area contributed by atoms with Gasteiger partial charge in [0, 0.05) is 23.7 Å². The minimum Gasteiger partial charge on any atom is -0.312 e. The van der Waals surface area contributed by atoms with Crippen LogP contribution in [0.1, 0.15) is 31.2 Å². The molecule has 0 amide bonds. The lowest BCUT2D eigenvalue weighted by molar-refractivity contribution is 0.186. The minimum atomic E-state index is 0.704. The van der Waals surface area contributed by atoms with Crippen molar-refractivity contribution in [2.45, 2.75) is 44.3 Å². The van der Waals surface area contributed by atoms with Crippen molar-refractivity contribution in [2.24, 2.45) is 0 Å². The lowest BCUT2D eigenvalue weighted by Gasteiger charge is -2.30. The molecule has 0 aliphatic carbocycles. The predicted molar refractivity (Wildman–Crippen MR) is 75.9 cm³/mol. The summed E-state index contributed by atoms with van der Waals surface area (Å²) in [5, 5.41) is 4.56. The summed E-state index contributed by atoms with van der Waals surface area (Å²) in [6.45, 7) is 3.39. The summed E-state index contributed by atoms with van der Waals surface area (Å²) in [5.41, 5.74) is 1.27. The zero-order valence-electron chi connectivity index (χ0n) is 10.7. The number of benzene rings is 1. The van der Waals surface area contributed by atoms with Crippen LogP contribution in [0.5, 0.6) is 0 Å². The molecule has 0 aromatic heterocycles. The average Bonchev–Trinajstić information content (AvgIpc) is 2.76. The Morgan fingerprint density at radius 3 is 3.00 bits per heavy atom. The molecule has 0 radical (unpaired) electrons. The molecule has 1 N–H and O–H groups in total. The third-order valence-electron chi connectivity index (χ3n) is 4.32. The normalized spacial score (nSPS) is 28.9. The third kappa shape index (κ3) is 2.56. The number of hydrogen-bond donors (Lipinski definition) is 1. The van der Waals surface area contributed by atoms with Crippen molar-refractivity contribution in [1.82, 2.24) is 10.2 Å². The third-order valence-corrected chi connectivity index (χ3v) is 4.69. The fourth-order valence-corrected chi connectivity index (χ4v) is 3.57. The fraction of sp³-hybridized carbons (Fsp3) is 0.600. The number of halogens is 1. The zero-order valence-corrected chi connectivity index (χ0v) is 11.5. The summed E-state index contributed by atoms with van der Waals surface area (Å²) in [5.74, 6) is 0. The van der Waals surface area contributed by atoms with Gasteiger partial charge in [0.25, 0.3) is 0 Å². The molecule has 2 saturated heterocycles. The summed E-state index contributed by atoms with van der Waals surface area (Å²) in [6, 6.07) is 9.67. The highest BCUT2D eigenvalue weighted by molar-refractivity contribution is 6.31. The smallest absolute Gasteiger partial charge is 0.0451 e. The van der Waals surface area contributed by atoms with E-state index in [-0.39, 0.29) is 0 Å². The number of hydrogen-bond acceptors (Lipinski definition) is 2. The second-order valence-electron chi connectivity index (χ2n) is 5.47. The van der Waals surface area contributed by atoms with E-state index >= 15 is 0 Å². The quantitative estimate of drug-likeness (QED) is 0.883. The van der Waals surface area contributed by atoms with Crippen molar-refractivity contribution in [3.8, 4) is 0 Å². The number of rotatable bonds is 2. The Morgan fingerprint density at radius 1 is 1.22 bits per heavy atom. The Labute approximate surface area is 114 Å². The molecule has 0 saturated carbocycles. The summed E-state index contributed by atoms with van der Waals surface area (Å²) < 4.78 is 0. The molecule has 3 heteroatoms. The first-order valence-electron chi connectivity index (χ1n) is 7.05. The largest absolute Gasteiger partial charge is 0.312 e. The van der Waals surface area contributed by atoms with Crippen molar-refractivity contribution in [3.63, 3.8) is 0 Å². The van der Waals surface area contributed by atoms with Crippen LogP contribution in [0.3, 0.4) is 0 Å². The SMILES string of the molecule is Clc1ccccc1CN1CCCCC2NCCC21. The highest BCUT2D eigenvalue weighted by Gasteiger charge is 2.33. The summed E-state index contributed by atoms with van der Waals surface area (Å²) in [4.78, 5) is 2.64. The van der Waals surface area contributed by atoms with Gasteiger partial charge in [0.2, 0.25) is 0 Å². The number of nitrogens with one attached hydrogen (secondary N) is 1. The molecule has 2 heterocycles. The first kappa shape index (κ1) is 12.5. The van der Waals surface area contributed by atoms with Gasteiger partial charge in [-0.05, 0) is 44.0 Å². The molecule has 0 bridgehead atoms. The van der Waals surface area contributed by atoms with Crippen LogP contribution >= 0.6 is 11.6 Å². The van der Waals surface area contributed by atoms with Crippen LogP contribution in [0.4, 0.5) is 0 Å². The number of fused-ring (bicyclic) bond motifs is 1. The van der Waals surface area contributed by atoms with Crippen molar-refractivity contribution in [2.75, 3.05) is 13.1 Å². The molecular weight excluding hydrogens is 244 g/mol. The van der Waals surface area contributed by atoms with E-state index < -0.39 is 0 Å². The Morgan fingerprint density at radius 2 is 2.11 bits per heavy atom. The molecule has 3 rings (SSSR count). The maximum Gasteiger partial charge on any atom is 0.0451 e. The van der Waals surface area contributed by atoms with Crippen molar-refractivity contribution >= 4 is 11.6 Å². The topological polar surface area (TPSA) is 15.3 Å². The first-order chi connectivity index (χ1) is 8.84. The molecule has 2 unspecified atom stereocenters. The lowest BCUT2D eigenvalue weighted by atomic mass is 10.0. The van der Waals surface area contributed by atoms with Crippen LogP contribution in [-0.2, 0) is 6.54 Å². The molecule has 2 atom stereocenters. The monoisotopic (exact) mass is 264 g/mol. The van der Waals surface area contributed by atoms with Crippen LogP contribution in [0, 0.1) is 0 Å². The summed E-state index contributed by atoms with van der Waals surface area (Å²) in [7, 11) is 0. The van der Waals surface area contributed by atoms with E-state index in [4.69, 9.17) is 11.6 Å². The minimum absolute atomic E-state index is 0.704. The van der Waals surface area contributed by atoms with Crippen molar-refractivity contribution in [3.05, 3.63) is 34.9 Å². The van der Waals surface area contributed by atoms with E-state index in [9.17, 15) is 0 Å². The van der Waals surface area contributed by atoms with Gasteiger partial charge in [0.1, 0.15) is 0 Å². The second-order valence-corrected chi connectivity index (χ2v) is 5.88. The van der Waals surface area contributed by atoms with E-state index in [1.54, 1.807) is 0 Å².